The Morgan fingerprint density at radius 1 is 1.30 bits per heavy atom. The number of hydrogen-bond acceptors (Lipinski definition) is 2. The van der Waals surface area contributed by atoms with Gasteiger partial charge in [-0.15, -0.1) is 11.6 Å². The molecule has 0 aliphatic carbocycles. The van der Waals surface area contributed by atoms with Crippen LogP contribution in [0, 0.1) is 0 Å². The number of carbonyl (C=O) groups is 1. The predicted octanol–water partition coefficient (Wildman–Crippen LogP) is 3.25. The molecule has 1 unspecified atom stereocenters. The minimum absolute atomic E-state index is 0.183. The lowest BCUT2D eigenvalue weighted by molar-refractivity contribution is -0.132. The Bertz CT molecular complexity index is 433. The van der Waals surface area contributed by atoms with Gasteiger partial charge in [0.2, 0.25) is 5.91 Å². The summed E-state index contributed by atoms with van der Waals surface area (Å²) in [4.78, 5) is 14.5. The van der Waals surface area contributed by atoms with E-state index in [1.807, 2.05) is 29.2 Å². The number of halogens is 1. The van der Waals surface area contributed by atoms with Crippen LogP contribution in [-0.2, 0) is 11.2 Å². The number of ether oxygens (including phenoxy) is 1. The fraction of sp³-hybridized carbons (Fsp3) is 0.562. The second-order valence-electron chi connectivity index (χ2n) is 5.27. The third-order valence-electron chi connectivity index (χ3n) is 3.89. The van der Waals surface area contributed by atoms with Crippen molar-refractivity contribution in [3.05, 3.63) is 29.8 Å². The average molecular weight is 296 g/mol. The number of hydrogen-bond donors (Lipinski definition) is 0. The van der Waals surface area contributed by atoms with E-state index in [9.17, 15) is 4.79 Å². The lowest BCUT2D eigenvalue weighted by Gasteiger charge is -2.28. The van der Waals surface area contributed by atoms with Crippen molar-refractivity contribution >= 4 is 17.5 Å². The van der Waals surface area contributed by atoms with E-state index in [0.717, 1.165) is 30.7 Å². The van der Waals surface area contributed by atoms with Crippen LogP contribution in [0.25, 0.3) is 0 Å². The van der Waals surface area contributed by atoms with Gasteiger partial charge in [-0.1, -0.05) is 25.0 Å². The lowest BCUT2D eigenvalue weighted by atomic mass is 10.1. The van der Waals surface area contributed by atoms with E-state index in [1.54, 1.807) is 7.11 Å². The van der Waals surface area contributed by atoms with Gasteiger partial charge in [0.15, 0.2) is 0 Å². The van der Waals surface area contributed by atoms with Gasteiger partial charge in [0.25, 0.3) is 0 Å². The van der Waals surface area contributed by atoms with Crippen molar-refractivity contribution in [1.82, 2.24) is 4.90 Å². The normalized spacial score (nSPS) is 19.5. The summed E-state index contributed by atoms with van der Waals surface area (Å²) in [6.07, 6.45) is 4.92. The SMILES string of the molecule is COc1ccc(CC(=O)N2CCCCCC2CCl)cc1. The number of amides is 1. The molecule has 20 heavy (non-hydrogen) atoms. The average Bonchev–Trinajstić information content (AvgIpc) is 2.73. The van der Waals surface area contributed by atoms with Crippen LogP contribution in [0.1, 0.15) is 31.2 Å². The standard InChI is InChI=1S/C16H22ClNO2/c1-20-15-8-6-13(7-9-15)11-16(19)18-10-4-2-3-5-14(18)12-17/h6-9,14H,2-5,10-12H2,1H3. The molecule has 2 rings (SSSR count). The van der Waals surface area contributed by atoms with Gasteiger partial charge in [-0.3, -0.25) is 4.79 Å². The van der Waals surface area contributed by atoms with Crippen molar-refractivity contribution in [3.63, 3.8) is 0 Å². The summed E-state index contributed by atoms with van der Waals surface area (Å²) < 4.78 is 5.13. The number of alkyl halides is 1. The zero-order valence-corrected chi connectivity index (χ0v) is 12.7. The van der Waals surface area contributed by atoms with Gasteiger partial charge in [0.1, 0.15) is 5.75 Å². The molecule has 1 amide bonds. The topological polar surface area (TPSA) is 29.5 Å². The third kappa shape index (κ3) is 3.89. The Morgan fingerprint density at radius 2 is 2.05 bits per heavy atom. The maximum atomic E-state index is 12.5. The summed E-state index contributed by atoms with van der Waals surface area (Å²) in [7, 11) is 1.64. The molecule has 0 spiro atoms. The van der Waals surface area contributed by atoms with E-state index in [2.05, 4.69) is 0 Å². The molecule has 1 fully saturated rings. The van der Waals surface area contributed by atoms with Crippen molar-refractivity contribution in [1.29, 1.82) is 0 Å². The van der Waals surface area contributed by atoms with Gasteiger partial charge in [-0.2, -0.15) is 0 Å². The van der Waals surface area contributed by atoms with E-state index in [4.69, 9.17) is 16.3 Å². The van der Waals surface area contributed by atoms with Crippen LogP contribution in [0.5, 0.6) is 5.75 Å². The highest BCUT2D eigenvalue weighted by atomic mass is 35.5. The monoisotopic (exact) mass is 295 g/mol. The smallest absolute Gasteiger partial charge is 0.227 e. The molecular weight excluding hydrogens is 274 g/mol. The molecule has 1 saturated heterocycles. The molecule has 0 N–H and O–H groups in total. The Balaban J connectivity index is 2.01. The van der Waals surface area contributed by atoms with Crippen molar-refractivity contribution in [2.45, 2.75) is 38.1 Å². The van der Waals surface area contributed by atoms with Crippen molar-refractivity contribution in [2.75, 3.05) is 19.5 Å². The van der Waals surface area contributed by atoms with E-state index >= 15 is 0 Å². The highest BCUT2D eigenvalue weighted by Crippen LogP contribution is 2.20. The van der Waals surface area contributed by atoms with Gasteiger partial charge in [-0.25, -0.2) is 0 Å². The maximum Gasteiger partial charge on any atom is 0.227 e. The van der Waals surface area contributed by atoms with E-state index in [1.165, 1.54) is 12.8 Å². The van der Waals surface area contributed by atoms with Crippen LogP contribution in [0.4, 0.5) is 0 Å². The molecule has 1 atom stereocenters. The Labute approximate surface area is 125 Å². The van der Waals surface area contributed by atoms with Gasteiger partial charge in [0.05, 0.1) is 13.5 Å². The van der Waals surface area contributed by atoms with Crippen LogP contribution in [0.2, 0.25) is 0 Å². The van der Waals surface area contributed by atoms with Gasteiger partial charge >= 0.3 is 0 Å². The van der Waals surface area contributed by atoms with Gasteiger partial charge in [0, 0.05) is 18.5 Å². The van der Waals surface area contributed by atoms with Crippen molar-refractivity contribution in [3.8, 4) is 5.75 Å². The predicted molar refractivity (Wildman–Crippen MR) is 81.4 cm³/mol. The molecule has 0 saturated carbocycles. The van der Waals surface area contributed by atoms with Crippen LogP contribution in [-0.4, -0.2) is 36.4 Å². The molecule has 1 aromatic rings. The highest BCUT2D eigenvalue weighted by molar-refractivity contribution is 6.18. The number of carbonyl (C=O) groups excluding carboxylic acids is 1. The molecule has 1 aliphatic rings. The summed E-state index contributed by atoms with van der Waals surface area (Å²) >= 11 is 6.02. The van der Waals surface area contributed by atoms with Crippen LogP contribution in [0.3, 0.4) is 0 Å². The first kappa shape index (κ1) is 15.2. The van der Waals surface area contributed by atoms with Gasteiger partial charge < -0.3 is 9.64 Å². The molecule has 1 aliphatic heterocycles. The Kier molecular flexibility index (Phi) is 5.72. The minimum atomic E-state index is 0.183. The molecule has 0 bridgehead atoms. The summed E-state index contributed by atoms with van der Waals surface area (Å²) in [5, 5.41) is 0. The Hall–Kier alpha value is -1.22. The minimum Gasteiger partial charge on any atom is -0.497 e. The van der Waals surface area contributed by atoms with Crippen LogP contribution >= 0.6 is 11.6 Å². The molecule has 4 heteroatoms. The number of likely N-dealkylation sites (tertiary alicyclic amines) is 1. The van der Waals surface area contributed by atoms with E-state index in [0.29, 0.717) is 12.3 Å². The first-order chi connectivity index (χ1) is 9.74. The number of methoxy groups -OCH3 is 1. The second-order valence-corrected chi connectivity index (χ2v) is 5.58. The molecule has 0 aromatic heterocycles. The van der Waals surface area contributed by atoms with Gasteiger partial charge in [-0.05, 0) is 30.5 Å². The summed E-state index contributed by atoms with van der Waals surface area (Å²) in [6, 6.07) is 7.88. The molecule has 1 heterocycles. The molecular formula is C16H22ClNO2. The zero-order valence-electron chi connectivity index (χ0n) is 12.0. The number of benzene rings is 1. The first-order valence-corrected chi connectivity index (χ1v) is 7.76. The highest BCUT2D eigenvalue weighted by Gasteiger charge is 2.24. The fourth-order valence-corrected chi connectivity index (χ4v) is 3.01. The Morgan fingerprint density at radius 3 is 2.70 bits per heavy atom. The quantitative estimate of drug-likeness (QED) is 0.798. The summed E-state index contributed by atoms with van der Waals surface area (Å²) in [6.45, 7) is 0.840. The van der Waals surface area contributed by atoms with Crippen LogP contribution in [0.15, 0.2) is 24.3 Å². The molecule has 3 nitrogen and oxygen atoms in total. The lowest BCUT2D eigenvalue weighted by Crippen LogP contribution is -2.41. The second kappa shape index (κ2) is 7.53. The van der Waals surface area contributed by atoms with E-state index in [-0.39, 0.29) is 11.9 Å². The fourth-order valence-electron chi connectivity index (χ4n) is 2.69. The molecule has 110 valence electrons. The summed E-state index contributed by atoms with van der Waals surface area (Å²) in [5.74, 6) is 1.53. The third-order valence-corrected chi connectivity index (χ3v) is 4.25. The number of nitrogens with zero attached hydrogens (tertiary/aromatic N) is 1. The first-order valence-electron chi connectivity index (χ1n) is 7.23. The van der Waals surface area contributed by atoms with Crippen LogP contribution < -0.4 is 4.74 Å². The number of rotatable bonds is 4. The zero-order chi connectivity index (χ0) is 14.4. The molecule has 0 radical (unpaired) electrons. The van der Waals surface area contributed by atoms with Crippen molar-refractivity contribution in [2.24, 2.45) is 0 Å². The largest absolute Gasteiger partial charge is 0.497 e. The molecule has 1 aromatic carbocycles. The maximum absolute atomic E-state index is 12.5. The van der Waals surface area contributed by atoms with E-state index < -0.39 is 0 Å². The van der Waals surface area contributed by atoms with Crippen molar-refractivity contribution < 1.29 is 9.53 Å². The summed E-state index contributed by atoms with van der Waals surface area (Å²) in [5.41, 5.74) is 1.02.